The molecule has 1 rings (SSSR count). The Labute approximate surface area is 84.3 Å². The minimum absolute atomic E-state index is 0.0878. The molecule has 0 spiro atoms. The number of nitrogens with zero attached hydrogens (tertiary/aromatic N) is 3. The molecule has 1 heterocycles. The molecule has 0 bridgehead atoms. The second-order valence-electron chi connectivity index (χ2n) is 3.78. The summed E-state index contributed by atoms with van der Waals surface area (Å²) in [6.07, 6.45) is 0.811. The number of hydrogen-bond donors (Lipinski definition) is 1. The average molecular weight is 198 g/mol. The molecule has 5 nitrogen and oxygen atoms in total. The van der Waals surface area contributed by atoms with Gasteiger partial charge in [0.05, 0.1) is 6.10 Å². The van der Waals surface area contributed by atoms with Crippen LogP contribution < -0.4 is 10.5 Å². The van der Waals surface area contributed by atoms with Crippen LogP contribution in [0.1, 0.15) is 26.6 Å². The molecule has 80 valence electrons. The largest absolute Gasteiger partial charge is 0.460 e. The predicted octanol–water partition coefficient (Wildman–Crippen LogP) is 0.492. The lowest BCUT2D eigenvalue weighted by atomic mass is 10.2. The molecular weight excluding hydrogens is 180 g/mol. The van der Waals surface area contributed by atoms with Crippen molar-refractivity contribution >= 4 is 0 Å². The van der Waals surface area contributed by atoms with E-state index in [1.807, 2.05) is 27.8 Å². The third kappa shape index (κ3) is 2.99. The van der Waals surface area contributed by atoms with E-state index in [1.54, 1.807) is 4.68 Å². The summed E-state index contributed by atoms with van der Waals surface area (Å²) >= 11 is 0. The van der Waals surface area contributed by atoms with Crippen molar-refractivity contribution in [1.82, 2.24) is 14.8 Å². The van der Waals surface area contributed by atoms with Crippen LogP contribution in [0.3, 0.4) is 0 Å². The SMILES string of the molecule is CC(N)Cc1nc(OC(C)C)nn1C. The molecule has 0 aromatic carbocycles. The molecule has 1 aromatic rings. The van der Waals surface area contributed by atoms with Crippen molar-refractivity contribution in [2.24, 2.45) is 12.8 Å². The molecule has 1 unspecified atom stereocenters. The number of ether oxygens (including phenoxy) is 1. The lowest BCUT2D eigenvalue weighted by Crippen LogP contribution is -2.20. The Bertz CT molecular complexity index is 293. The van der Waals surface area contributed by atoms with Gasteiger partial charge in [0.2, 0.25) is 0 Å². The third-order valence-electron chi connectivity index (χ3n) is 1.68. The fourth-order valence-corrected chi connectivity index (χ4v) is 1.12. The van der Waals surface area contributed by atoms with E-state index in [1.165, 1.54) is 0 Å². The highest BCUT2D eigenvalue weighted by Gasteiger charge is 2.10. The minimum atomic E-state index is 0.0878. The molecule has 2 N–H and O–H groups in total. The van der Waals surface area contributed by atoms with Gasteiger partial charge in [-0.2, -0.15) is 4.98 Å². The van der Waals surface area contributed by atoms with Gasteiger partial charge in [-0.1, -0.05) is 0 Å². The summed E-state index contributed by atoms with van der Waals surface area (Å²) in [5.41, 5.74) is 5.68. The molecular formula is C9H18N4O. The monoisotopic (exact) mass is 198 g/mol. The first-order valence-electron chi connectivity index (χ1n) is 4.81. The van der Waals surface area contributed by atoms with E-state index >= 15 is 0 Å². The van der Waals surface area contributed by atoms with Crippen LogP contribution >= 0.6 is 0 Å². The molecule has 0 aliphatic carbocycles. The van der Waals surface area contributed by atoms with E-state index in [0.29, 0.717) is 12.4 Å². The maximum atomic E-state index is 5.68. The topological polar surface area (TPSA) is 66.0 Å². The van der Waals surface area contributed by atoms with Crippen LogP contribution in [0.2, 0.25) is 0 Å². The predicted molar refractivity (Wildman–Crippen MR) is 54.1 cm³/mol. The summed E-state index contributed by atoms with van der Waals surface area (Å²) in [6.45, 7) is 5.83. The Morgan fingerprint density at radius 3 is 2.57 bits per heavy atom. The van der Waals surface area contributed by atoms with E-state index in [2.05, 4.69) is 10.1 Å². The van der Waals surface area contributed by atoms with Crippen LogP contribution in [0.15, 0.2) is 0 Å². The van der Waals surface area contributed by atoms with Gasteiger partial charge in [0.1, 0.15) is 5.82 Å². The molecule has 0 fully saturated rings. The summed E-state index contributed by atoms with van der Waals surface area (Å²) in [5.74, 6) is 0.857. The summed E-state index contributed by atoms with van der Waals surface area (Å²) in [5, 5.41) is 4.13. The van der Waals surface area contributed by atoms with Gasteiger partial charge in [-0.25, -0.2) is 4.68 Å². The van der Waals surface area contributed by atoms with Crippen molar-refractivity contribution in [3.8, 4) is 6.01 Å². The van der Waals surface area contributed by atoms with Crippen LogP contribution in [-0.2, 0) is 13.5 Å². The van der Waals surface area contributed by atoms with Crippen LogP contribution in [0.4, 0.5) is 0 Å². The second-order valence-corrected chi connectivity index (χ2v) is 3.78. The number of hydrogen-bond acceptors (Lipinski definition) is 4. The lowest BCUT2D eigenvalue weighted by Gasteiger charge is -2.03. The zero-order valence-corrected chi connectivity index (χ0v) is 9.19. The van der Waals surface area contributed by atoms with E-state index in [9.17, 15) is 0 Å². The smallest absolute Gasteiger partial charge is 0.335 e. The van der Waals surface area contributed by atoms with Crippen molar-refractivity contribution in [3.63, 3.8) is 0 Å². The first kappa shape index (κ1) is 11.0. The van der Waals surface area contributed by atoms with Gasteiger partial charge in [-0.05, 0) is 20.8 Å². The Hall–Kier alpha value is -1.10. The van der Waals surface area contributed by atoms with Crippen LogP contribution in [0.25, 0.3) is 0 Å². The molecule has 0 aliphatic heterocycles. The van der Waals surface area contributed by atoms with Gasteiger partial charge in [0.15, 0.2) is 0 Å². The number of aryl methyl sites for hydroxylation is 1. The highest BCUT2D eigenvalue weighted by Crippen LogP contribution is 2.07. The van der Waals surface area contributed by atoms with Crippen LogP contribution in [0.5, 0.6) is 6.01 Å². The molecule has 0 amide bonds. The second kappa shape index (κ2) is 4.41. The molecule has 1 atom stereocenters. The normalized spacial score (nSPS) is 13.3. The summed E-state index contributed by atoms with van der Waals surface area (Å²) in [7, 11) is 1.85. The van der Waals surface area contributed by atoms with Gasteiger partial charge in [-0.15, -0.1) is 5.10 Å². The molecule has 1 aromatic heterocycles. The maximum Gasteiger partial charge on any atom is 0.335 e. The van der Waals surface area contributed by atoms with Gasteiger partial charge in [0.25, 0.3) is 0 Å². The number of nitrogens with two attached hydrogens (primary N) is 1. The van der Waals surface area contributed by atoms with E-state index in [4.69, 9.17) is 10.5 Å². The standard InChI is InChI=1S/C9H18N4O/c1-6(2)14-9-11-8(5-7(3)10)13(4)12-9/h6-7H,5,10H2,1-4H3. The van der Waals surface area contributed by atoms with Crippen molar-refractivity contribution in [2.75, 3.05) is 0 Å². The van der Waals surface area contributed by atoms with E-state index < -0.39 is 0 Å². The quantitative estimate of drug-likeness (QED) is 0.764. The molecule has 0 saturated heterocycles. The zero-order valence-electron chi connectivity index (χ0n) is 9.19. The highest BCUT2D eigenvalue weighted by molar-refractivity contribution is 4.99. The molecule has 5 heteroatoms. The summed E-state index contributed by atoms with van der Waals surface area (Å²) < 4.78 is 7.08. The summed E-state index contributed by atoms with van der Waals surface area (Å²) in [4.78, 5) is 4.24. The van der Waals surface area contributed by atoms with E-state index in [-0.39, 0.29) is 12.1 Å². The average Bonchev–Trinajstić information content (AvgIpc) is 2.28. The van der Waals surface area contributed by atoms with Crippen molar-refractivity contribution in [3.05, 3.63) is 5.82 Å². The third-order valence-corrected chi connectivity index (χ3v) is 1.68. The molecule has 0 aliphatic rings. The lowest BCUT2D eigenvalue weighted by molar-refractivity contribution is 0.221. The number of aromatic nitrogens is 3. The van der Waals surface area contributed by atoms with Crippen LogP contribution in [-0.4, -0.2) is 26.9 Å². The number of rotatable bonds is 4. The first-order chi connectivity index (χ1) is 6.49. The van der Waals surface area contributed by atoms with Gasteiger partial charge in [0, 0.05) is 19.5 Å². The fourth-order valence-electron chi connectivity index (χ4n) is 1.12. The Morgan fingerprint density at radius 2 is 2.07 bits per heavy atom. The Kier molecular flexibility index (Phi) is 3.46. The Balaban J connectivity index is 2.72. The van der Waals surface area contributed by atoms with Gasteiger partial charge in [-0.3, -0.25) is 0 Å². The van der Waals surface area contributed by atoms with Crippen LogP contribution in [0, 0.1) is 0 Å². The molecule has 0 radical (unpaired) electrons. The molecule has 0 saturated carbocycles. The fraction of sp³-hybridized carbons (Fsp3) is 0.778. The van der Waals surface area contributed by atoms with Gasteiger partial charge >= 0.3 is 6.01 Å². The maximum absolute atomic E-state index is 5.68. The molecule has 14 heavy (non-hydrogen) atoms. The Morgan fingerprint density at radius 1 is 1.43 bits per heavy atom. The minimum Gasteiger partial charge on any atom is -0.460 e. The first-order valence-corrected chi connectivity index (χ1v) is 4.81. The zero-order chi connectivity index (χ0) is 10.7. The van der Waals surface area contributed by atoms with Crippen molar-refractivity contribution in [1.29, 1.82) is 0 Å². The highest BCUT2D eigenvalue weighted by atomic mass is 16.5. The van der Waals surface area contributed by atoms with E-state index in [0.717, 1.165) is 5.82 Å². The summed E-state index contributed by atoms with van der Waals surface area (Å²) in [6, 6.07) is 0.517. The van der Waals surface area contributed by atoms with Crippen molar-refractivity contribution < 1.29 is 4.74 Å². The van der Waals surface area contributed by atoms with Crippen molar-refractivity contribution in [2.45, 2.75) is 39.3 Å². The van der Waals surface area contributed by atoms with Gasteiger partial charge < -0.3 is 10.5 Å².